The second-order valence-electron chi connectivity index (χ2n) is 3.49. The van der Waals surface area contributed by atoms with Gasteiger partial charge in [0, 0.05) is 0 Å². The summed E-state index contributed by atoms with van der Waals surface area (Å²) in [6.45, 7) is 1.92. The molecule has 1 N–H and O–H groups in total. The van der Waals surface area contributed by atoms with Crippen molar-refractivity contribution in [3.63, 3.8) is 0 Å². The zero-order chi connectivity index (χ0) is 10.2. The molecular weight excluding hydrogens is 216 g/mol. The molecule has 0 aromatic carbocycles. The zero-order valence-corrected chi connectivity index (χ0v) is 9.80. The van der Waals surface area contributed by atoms with Gasteiger partial charge in [0.15, 0.2) is 0 Å². The van der Waals surface area contributed by atoms with Crippen molar-refractivity contribution in [1.82, 2.24) is 4.37 Å². The van der Waals surface area contributed by atoms with Gasteiger partial charge in [0.2, 0.25) is 5.91 Å². The Labute approximate surface area is 91.5 Å². The summed E-state index contributed by atoms with van der Waals surface area (Å²) in [7, 11) is 0. The minimum absolute atomic E-state index is 0.133. The Morgan fingerprint density at radius 2 is 2.43 bits per heavy atom. The van der Waals surface area contributed by atoms with Crippen LogP contribution in [0.1, 0.15) is 18.5 Å². The summed E-state index contributed by atoms with van der Waals surface area (Å²) >= 11 is 2.99. The SMILES string of the molecule is CSC1(C(=O)Nc2cc(C)ns2)CC1. The number of nitrogens with one attached hydrogen (secondary N) is 1. The van der Waals surface area contributed by atoms with Gasteiger partial charge in [0.1, 0.15) is 5.00 Å². The molecule has 14 heavy (non-hydrogen) atoms. The number of aromatic nitrogens is 1. The predicted molar refractivity (Wildman–Crippen MR) is 61.0 cm³/mol. The number of hydrogen-bond acceptors (Lipinski definition) is 4. The molecule has 1 saturated carbocycles. The fraction of sp³-hybridized carbons (Fsp3) is 0.556. The largest absolute Gasteiger partial charge is 0.315 e. The predicted octanol–water partition coefficient (Wildman–Crippen LogP) is 2.29. The molecular formula is C9H12N2OS2. The van der Waals surface area contributed by atoms with Crippen molar-refractivity contribution >= 4 is 34.2 Å². The molecule has 0 bridgehead atoms. The summed E-state index contributed by atoms with van der Waals surface area (Å²) in [6, 6.07) is 1.90. The number of anilines is 1. The lowest BCUT2D eigenvalue weighted by Crippen LogP contribution is -2.25. The molecule has 1 aromatic heterocycles. The summed E-state index contributed by atoms with van der Waals surface area (Å²) in [6.07, 6.45) is 3.99. The number of thioether (sulfide) groups is 1. The van der Waals surface area contributed by atoms with Gasteiger partial charge in [0.25, 0.3) is 0 Å². The van der Waals surface area contributed by atoms with E-state index >= 15 is 0 Å². The molecule has 1 aliphatic carbocycles. The normalized spacial score (nSPS) is 17.9. The Bertz CT molecular complexity index is 357. The Morgan fingerprint density at radius 1 is 1.71 bits per heavy atom. The minimum atomic E-state index is -0.141. The lowest BCUT2D eigenvalue weighted by Gasteiger charge is -2.10. The van der Waals surface area contributed by atoms with Crippen LogP contribution >= 0.6 is 23.3 Å². The lowest BCUT2D eigenvalue weighted by molar-refractivity contribution is -0.116. The van der Waals surface area contributed by atoms with E-state index < -0.39 is 0 Å². The number of nitrogens with zero attached hydrogens (tertiary/aromatic N) is 1. The van der Waals surface area contributed by atoms with E-state index in [1.165, 1.54) is 11.5 Å². The van der Waals surface area contributed by atoms with Crippen LogP contribution in [0.3, 0.4) is 0 Å². The van der Waals surface area contributed by atoms with Gasteiger partial charge in [-0.3, -0.25) is 4.79 Å². The molecule has 0 spiro atoms. The molecule has 0 unspecified atom stereocenters. The highest BCUT2D eigenvalue weighted by atomic mass is 32.2. The number of rotatable bonds is 3. The number of hydrogen-bond donors (Lipinski definition) is 1. The topological polar surface area (TPSA) is 42.0 Å². The lowest BCUT2D eigenvalue weighted by atomic mass is 10.4. The monoisotopic (exact) mass is 228 g/mol. The molecule has 1 aromatic rings. The van der Waals surface area contributed by atoms with Crippen molar-refractivity contribution in [2.75, 3.05) is 11.6 Å². The van der Waals surface area contributed by atoms with Gasteiger partial charge in [-0.05, 0) is 43.6 Å². The molecule has 1 heterocycles. The van der Waals surface area contributed by atoms with Crippen LogP contribution in [-0.2, 0) is 4.79 Å². The maximum atomic E-state index is 11.8. The molecule has 5 heteroatoms. The second-order valence-corrected chi connectivity index (χ2v) is 5.48. The van der Waals surface area contributed by atoms with Crippen molar-refractivity contribution in [2.45, 2.75) is 24.5 Å². The first-order valence-corrected chi connectivity index (χ1v) is 6.46. The second kappa shape index (κ2) is 3.55. The van der Waals surface area contributed by atoms with Crippen LogP contribution in [-0.4, -0.2) is 21.3 Å². The molecule has 1 aliphatic rings. The van der Waals surface area contributed by atoms with Crippen LogP contribution in [0.2, 0.25) is 0 Å². The molecule has 1 fully saturated rings. The van der Waals surface area contributed by atoms with E-state index in [0.717, 1.165) is 23.5 Å². The van der Waals surface area contributed by atoms with Crippen LogP contribution in [0, 0.1) is 6.92 Å². The van der Waals surface area contributed by atoms with Gasteiger partial charge in [-0.1, -0.05) is 0 Å². The molecule has 0 saturated heterocycles. The van der Waals surface area contributed by atoms with Crippen LogP contribution in [0.15, 0.2) is 6.07 Å². The summed E-state index contributed by atoms with van der Waals surface area (Å²) in [5.74, 6) is 0.133. The maximum Gasteiger partial charge on any atom is 0.241 e. The maximum absolute atomic E-state index is 11.8. The van der Waals surface area contributed by atoms with Gasteiger partial charge < -0.3 is 5.32 Å². The molecule has 3 nitrogen and oxygen atoms in total. The third kappa shape index (κ3) is 1.79. The fourth-order valence-corrected chi connectivity index (χ4v) is 2.69. The summed E-state index contributed by atoms with van der Waals surface area (Å²) < 4.78 is 3.98. The quantitative estimate of drug-likeness (QED) is 0.863. The first-order chi connectivity index (χ1) is 6.66. The number of carbonyl (C=O) groups excluding carboxylic acids is 1. The van der Waals surface area contributed by atoms with Crippen molar-refractivity contribution in [2.24, 2.45) is 0 Å². The fourth-order valence-electron chi connectivity index (χ4n) is 1.29. The van der Waals surface area contributed by atoms with Crippen LogP contribution in [0.4, 0.5) is 5.00 Å². The van der Waals surface area contributed by atoms with Crippen molar-refractivity contribution < 1.29 is 4.79 Å². The smallest absolute Gasteiger partial charge is 0.241 e. The zero-order valence-electron chi connectivity index (χ0n) is 8.16. The summed E-state index contributed by atoms with van der Waals surface area (Å²) in [5.41, 5.74) is 0.958. The molecule has 0 atom stereocenters. The van der Waals surface area contributed by atoms with Crippen molar-refractivity contribution in [3.05, 3.63) is 11.8 Å². The molecule has 76 valence electrons. The number of amides is 1. The van der Waals surface area contributed by atoms with E-state index in [2.05, 4.69) is 9.69 Å². The highest BCUT2D eigenvalue weighted by molar-refractivity contribution is 8.01. The first kappa shape index (κ1) is 9.98. The van der Waals surface area contributed by atoms with Gasteiger partial charge in [-0.25, -0.2) is 0 Å². The van der Waals surface area contributed by atoms with E-state index in [1.54, 1.807) is 11.8 Å². The Hall–Kier alpha value is -0.550. The van der Waals surface area contributed by atoms with E-state index in [9.17, 15) is 4.79 Å². The number of aryl methyl sites for hydroxylation is 1. The van der Waals surface area contributed by atoms with Crippen molar-refractivity contribution in [1.29, 1.82) is 0 Å². The standard InChI is InChI=1S/C9H12N2OS2/c1-6-5-7(14-11-6)10-8(12)9(13-2)3-4-9/h5H,3-4H2,1-2H3,(H,10,12). The van der Waals surface area contributed by atoms with Crippen molar-refractivity contribution in [3.8, 4) is 0 Å². The van der Waals surface area contributed by atoms with E-state index in [-0.39, 0.29) is 10.7 Å². The average molecular weight is 228 g/mol. The van der Waals surface area contributed by atoms with Gasteiger partial charge >= 0.3 is 0 Å². The summed E-state index contributed by atoms with van der Waals surface area (Å²) in [4.78, 5) is 11.8. The molecule has 1 amide bonds. The molecule has 0 radical (unpaired) electrons. The summed E-state index contributed by atoms with van der Waals surface area (Å²) in [5, 5.41) is 3.77. The molecule has 0 aliphatic heterocycles. The number of carbonyl (C=O) groups is 1. The Morgan fingerprint density at radius 3 is 2.86 bits per heavy atom. The van der Waals surface area contributed by atoms with E-state index in [4.69, 9.17) is 0 Å². The van der Waals surface area contributed by atoms with Crippen LogP contribution in [0.25, 0.3) is 0 Å². The van der Waals surface area contributed by atoms with Gasteiger partial charge in [-0.15, -0.1) is 11.8 Å². The minimum Gasteiger partial charge on any atom is -0.315 e. The Kier molecular flexibility index (Phi) is 2.53. The Balaban J connectivity index is 2.01. The van der Waals surface area contributed by atoms with Gasteiger partial charge in [0.05, 0.1) is 10.4 Å². The van der Waals surface area contributed by atoms with E-state index in [0.29, 0.717) is 0 Å². The third-order valence-corrected chi connectivity index (χ3v) is 4.54. The average Bonchev–Trinajstić information content (AvgIpc) is 2.87. The van der Waals surface area contributed by atoms with E-state index in [1.807, 2.05) is 19.2 Å². The van der Waals surface area contributed by atoms with Gasteiger partial charge in [-0.2, -0.15) is 4.37 Å². The van der Waals surface area contributed by atoms with Crippen LogP contribution in [0.5, 0.6) is 0 Å². The highest BCUT2D eigenvalue weighted by Gasteiger charge is 2.49. The first-order valence-electron chi connectivity index (χ1n) is 4.46. The highest BCUT2D eigenvalue weighted by Crippen LogP contribution is 2.48. The van der Waals surface area contributed by atoms with Crippen LogP contribution < -0.4 is 5.32 Å². The third-order valence-electron chi connectivity index (χ3n) is 2.37. The molecule has 2 rings (SSSR count).